The van der Waals surface area contributed by atoms with Gasteiger partial charge in [-0.15, -0.1) is 0 Å². The Balaban J connectivity index is 2.33. The van der Waals surface area contributed by atoms with Crippen LogP contribution in [0.15, 0.2) is 39.5 Å². The summed E-state index contributed by atoms with van der Waals surface area (Å²) in [5.41, 5.74) is 5.40. The molecule has 0 amide bonds. The first-order valence-electron chi connectivity index (χ1n) is 7.16. The van der Waals surface area contributed by atoms with E-state index in [1.54, 1.807) is 25.1 Å². The number of allylic oxidation sites excluding steroid dienone is 2. The largest absolute Gasteiger partial charge is 0.466 e. The van der Waals surface area contributed by atoms with Crippen LogP contribution in [-0.2, 0) is 4.74 Å². The van der Waals surface area contributed by atoms with Gasteiger partial charge in [-0.05, 0) is 24.6 Å². The van der Waals surface area contributed by atoms with Crippen molar-refractivity contribution in [2.24, 2.45) is 17.1 Å². The Kier molecular flexibility index (Phi) is 3.45. The lowest BCUT2D eigenvalue weighted by Gasteiger charge is -2.41. The van der Waals surface area contributed by atoms with Crippen molar-refractivity contribution in [1.82, 2.24) is 0 Å². The van der Waals surface area contributed by atoms with Gasteiger partial charge in [0.15, 0.2) is 5.41 Å². The van der Waals surface area contributed by atoms with Gasteiger partial charge in [-0.2, -0.15) is 15.8 Å². The molecule has 1 aliphatic heterocycles. The highest BCUT2D eigenvalue weighted by molar-refractivity contribution is 5.58. The van der Waals surface area contributed by atoms with E-state index in [1.165, 1.54) is 0 Å². The topological polar surface area (TPSA) is 120 Å². The van der Waals surface area contributed by atoms with E-state index in [0.29, 0.717) is 24.7 Å². The predicted molar refractivity (Wildman–Crippen MR) is 79.1 cm³/mol. The highest BCUT2D eigenvalue weighted by Crippen LogP contribution is 2.54. The van der Waals surface area contributed by atoms with E-state index >= 15 is 0 Å². The van der Waals surface area contributed by atoms with E-state index in [0.717, 1.165) is 5.57 Å². The number of aryl methyl sites for hydroxylation is 1. The Morgan fingerprint density at radius 2 is 2.00 bits per heavy atom. The van der Waals surface area contributed by atoms with E-state index in [-0.39, 0.29) is 17.2 Å². The molecular weight excluding hydrogens is 292 g/mol. The highest BCUT2D eigenvalue weighted by Gasteiger charge is 2.55. The number of nitrogens with zero attached hydrogens (tertiary/aromatic N) is 3. The number of hydrogen-bond acceptors (Lipinski definition) is 6. The van der Waals surface area contributed by atoms with Gasteiger partial charge < -0.3 is 14.9 Å². The van der Waals surface area contributed by atoms with Crippen molar-refractivity contribution < 1.29 is 9.15 Å². The van der Waals surface area contributed by atoms with Crippen LogP contribution >= 0.6 is 0 Å². The van der Waals surface area contributed by atoms with Gasteiger partial charge in [0, 0.05) is 5.92 Å². The van der Waals surface area contributed by atoms with Crippen molar-refractivity contribution >= 4 is 0 Å². The molecular formula is C17H14N4O2. The molecule has 3 rings (SSSR count). The van der Waals surface area contributed by atoms with Gasteiger partial charge in [0.2, 0.25) is 0 Å². The Bertz CT molecular complexity index is 827. The number of rotatable bonds is 1. The van der Waals surface area contributed by atoms with Crippen molar-refractivity contribution in [3.8, 4) is 18.2 Å². The molecule has 2 aliphatic rings. The molecule has 2 atom stereocenters. The molecule has 0 aromatic carbocycles. The van der Waals surface area contributed by atoms with Crippen LogP contribution in [0.5, 0.6) is 0 Å². The van der Waals surface area contributed by atoms with Crippen molar-refractivity contribution in [3.05, 3.63) is 46.6 Å². The van der Waals surface area contributed by atoms with E-state index in [9.17, 15) is 15.8 Å². The van der Waals surface area contributed by atoms with Crippen LogP contribution in [0.25, 0.3) is 0 Å². The normalized spacial score (nSPS) is 25.6. The minimum Gasteiger partial charge on any atom is -0.466 e. The first kappa shape index (κ1) is 14.9. The van der Waals surface area contributed by atoms with E-state index in [4.69, 9.17) is 14.9 Å². The number of hydrogen-bond donors (Lipinski definition) is 1. The Morgan fingerprint density at radius 1 is 1.26 bits per heavy atom. The molecule has 23 heavy (non-hydrogen) atoms. The second kappa shape index (κ2) is 5.32. The second-order valence-corrected chi connectivity index (χ2v) is 5.66. The SMILES string of the molecule is Cc1ccc([C@@H]2[C@@H]3COCC=C3C(C#N)=C(N)C2(C#N)C#N)o1. The van der Waals surface area contributed by atoms with E-state index in [2.05, 4.69) is 6.07 Å². The molecule has 114 valence electrons. The van der Waals surface area contributed by atoms with Crippen LogP contribution in [0.4, 0.5) is 0 Å². The summed E-state index contributed by atoms with van der Waals surface area (Å²) in [5.74, 6) is 0.248. The summed E-state index contributed by atoms with van der Waals surface area (Å²) in [6.45, 7) is 2.47. The van der Waals surface area contributed by atoms with Crippen LogP contribution in [-0.4, -0.2) is 13.2 Å². The van der Waals surface area contributed by atoms with Crippen LogP contribution in [0.3, 0.4) is 0 Å². The first-order chi connectivity index (χ1) is 11.1. The Hall–Kier alpha value is -3.01. The zero-order valence-electron chi connectivity index (χ0n) is 12.5. The lowest BCUT2D eigenvalue weighted by Crippen LogP contribution is -2.44. The Morgan fingerprint density at radius 3 is 2.57 bits per heavy atom. The molecule has 6 nitrogen and oxygen atoms in total. The smallest absolute Gasteiger partial charge is 0.194 e. The molecule has 1 aromatic rings. The minimum atomic E-state index is -1.65. The molecule has 0 bridgehead atoms. The minimum absolute atomic E-state index is 0.00606. The lowest BCUT2D eigenvalue weighted by atomic mass is 9.60. The fourth-order valence-corrected chi connectivity index (χ4v) is 3.41. The molecule has 1 aliphatic carbocycles. The molecule has 0 spiro atoms. The molecule has 6 heteroatoms. The van der Waals surface area contributed by atoms with Gasteiger partial charge in [0.25, 0.3) is 0 Å². The maximum atomic E-state index is 9.76. The third kappa shape index (κ3) is 1.95. The van der Waals surface area contributed by atoms with E-state index < -0.39 is 11.3 Å². The molecule has 0 radical (unpaired) electrons. The summed E-state index contributed by atoms with van der Waals surface area (Å²) in [7, 11) is 0. The summed E-state index contributed by atoms with van der Waals surface area (Å²) in [5, 5.41) is 29.0. The van der Waals surface area contributed by atoms with Crippen LogP contribution in [0, 0.1) is 52.2 Å². The molecule has 2 heterocycles. The zero-order chi connectivity index (χ0) is 16.6. The molecule has 0 saturated carbocycles. The van der Waals surface area contributed by atoms with Gasteiger partial charge in [0.05, 0.1) is 42.5 Å². The molecule has 2 N–H and O–H groups in total. The van der Waals surface area contributed by atoms with Crippen LogP contribution in [0.2, 0.25) is 0 Å². The number of nitrogens with two attached hydrogens (primary N) is 1. The average Bonchev–Trinajstić information content (AvgIpc) is 3.00. The fourth-order valence-electron chi connectivity index (χ4n) is 3.41. The van der Waals surface area contributed by atoms with Gasteiger partial charge in [-0.1, -0.05) is 6.08 Å². The maximum absolute atomic E-state index is 9.76. The summed E-state index contributed by atoms with van der Waals surface area (Å²) >= 11 is 0. The van der Waals surface area contributed by atoms with Crippen molar-refractivity contribution in [2.75, 3.05) is 13.2 Å². The standard InChI is InChI=1S/C17H14N4O2/c1-10-2-3-14(23-10)15-13-7-22-5-4-11(13)12(6-18)16(21)17(15,8-19)9-20/h2-4,13,15H,5,7,21H2,1H3/t13-,15+/m1/s1. The zero-order valence-corrected chi connectivity index (χ0v) is 12.5. The van der Waals surface area contributed by atoms with Gasteiger partial charge in [0.1, 0.15) is 17.6 Å². The third-order valence-corrected chi connectivity index (χ3v) is 4.50. The summed E-state index contributed by atoms with van der Waals surface area (Å²) in [6, 6.07) is 9.65. The first-order valence-corrected chi connectivity index (χ1v) is 7.16. The lowest BCUT2D eigenvalue weighted by molar-refractivity contribution is 0.0927. The number of nitriles is 3. The van der Waals surface area contributed by atoms with Gasteiger partial charge >= 0.3 is 0 Å². The van der Waals surface area contributed by atoms with E-state index in [1.807, 2.05) is 12.1 Å². The molecule has 0 fully saturated rings. The monoisotopic (exact) mass is 306 g/mol. The highest BCUT2D eigenvalue weighted by atomic mass is 16.5. The van der Waals surface area contributed by atoms with Crippen molar-refractivity contribution in [3.63, 3.8) is 0 Å². The quantitative estimate of drug-likeness (QED) is 0.847. The second-order valence-electron chi connectivity index (χ2n) is 5.66. The summed E-state index contributed by atoms with van der Waals surface area (Å²) < 4.78 is 11.2. The third-order valence-electron chi connectivity index (χ3n) is 4.50. The van der Waals surface area contributed by atoms with Gasteiger partial charge in [-0.25, -0.2) is 0 Å². The van der Waals surface area contributed by atoms with Crippen molar-refractivity contribution in [2.45, 2.75) is 12.8 Å². The molecule has 0 saturated heterocycles. The maximum Gasteiger partial charge on any atom is 0.194 e. The number of fused-ring (bicyclic) bond motifs is 1. The predicted octanol–water partition coefficient (Wildman–Crippen LogP) is 2.03. The van der Waals surface area contributed by atoms with Crippen LogP contribution in [0.1, 0.15) is 17.4 Å². The fraction of sp³-hybridized carbons (Fsp3) is 0.353. The average molecular weight is 306 g/mol. The van der Waals surface area contributed by atoms with Gasteiger partial charge in [-0.3, -0.25) is 0 Å². The summed E-state index contributed by atoms with van der Waals surface area (Å²) in [4.78, 5) is 0. The Labute approximate surface area is 133 Å². The molecule has 1 aromatic heterocycles. The number of furan rings is 1. The number of ether oxygens (including phenoxy) is 1. The molecule has 0 unspecified atom stereocenters. The van der Waals surface area contributed by atoms with Crippen LogP contribution < -0.4 is 5.73 Å². The summed E-state index contributed by atoms with van der Waals surface area (Å²) in [6.07, 6.45) is 1.79. The van der Waals surface area contributed by atoms with Crippen molar-refractivity contribution in [1.29, 1.82) is 15.8 Å².